The monoisotopic (exact) mass is 226 g/mol. The van der Waals surface area contributed by atoms with Gasteiger partial charge in [0, 0.05) is 11.4 Å². The number of hydrogen-bond acceptors (Lipinski definition) is 2. The molecule has 3 heteroatoms. The van der Waals surface area contributed by atoms with E-state index in [0.717, 1.165) is 24.2 Å². The molecule has 0 saturated heterocycles. The average molecular weight is 227 g/mol. The molecule has 15 heavy (non-hydrogen) atoms. The zero-order valence-corrected chi connectivity index (χ0v) is 10.7. The third-order valence-corrected chi connectivity index (χ3v) is 2.21. The molecule has 0 aliphatic carbocycles. The predicted octanol–water partition coefficient (Wildman–Crippen LogP) is 3.53. The quantitative estimate of drug-likeness (QED) is 0.735. The summed E-state index contributed by atoms with van der Waals surface area (Å²) in [6, 6.07) is 2.08. The van der Waals surface area contributed by atoms with Crippen LogP contribution in [-0.4, -0.2) is 9.97 Å². The Balaban J connectivity index is 2.84. The maximum atomic E-state index is 5.89. The minimum Gasteiger partial charge on any atom is -0.223 e. The molecule has 0 aliphatic heterocycles. The molecule has 1 rings (SSSR count). The van der Waals surface area contributed by atoms with E-state index in [1.165, 1.54) is 0 Å². The minimum absolute atomic E-state index is 0.379. The molecule has 0 bridgehead atoms. The number of halogens is 1. The fourth-order valence-corrected chi connectivity index (χ4v) is 1.78. The van der Waals surface area contributed by atoms with Gasteiger partial charge in [-0.25, -0.2) is 9.97 Å². The van der Waals surface area contributed by atoms with Gasteiger partial charge in [-0.2, -0.15) is 0 Å². The smallest absolute Gasteiger partial charge is 0.222 e. The molecule has 0 amide bonds. The lowest BCUT2D eigenvalue weighted by Gasteiger charge is -2.08. The van der Waals surface area contributed by atoms with Crippen molar-refractivity contribution in [2.24, 2.45) is 11.8 Å². The summed E-state index contributed by atoms with van der Waals surface area (Å²) in [5.74, 6) is 1.20. The Bertz CT molecular complexity index is 293. The van der Waals surface area contributed by atoms with Crippen LogP contribution in [0.1, 0.15) is 39.1 Å². The second-order valence-electron chi connectivity index (χ2n) is 4.82. The molecular weight excluding hydrogens is 208 g/mol. The standard InChI is InChI=1S/C12H19ClN2/c1-8(2)5-10-7-11(6-9(3)4)15-12(13)14-10/h7-9H,5-6H2,1-4H3. The van der Waals surface area contributed by atoms with Gasteiger partial charge in [0.05, 0.1) is 0 Å². The van der Waals surface area contributed by atoms with Crippen LogP contribution < -0.4 is 0 Å². The van der Waals surface area contributed by atoms with Crippen molar-refractivity contribution in [3.05, 3.63) is 22.7 Å². The van der Waals surface area contributed by atoms with Crippen molar-refractivity contribution >= 4 is 11.6 Å². The van der Waals surface area contributed by atoms with Gasteiger partial charge in [-0.15, -0.1) is 0 Å². The van der Waals surface area contributed by atoms with E-state index in [2.05, 4.69) is 43.7 Å². The van der Waals surface area contributed by atoms with E-state index in [1.807, 2.05) is 0 Å². The van der Waals surface area contributed by atoms with Crippen molar-refractivity contribution in [1.29, 1.82) is 0 Å². The van der Waals surface area contributed by atoms with Crippen LogP contribution >= 0.6 is 11.6 Å². The van der Waals surface area contributed by atoms with E-state index in [4.69, 9.17) is 11.6 Å². The molecule has 0 N–H and O–H groups in total. The molecule has 1 heterocycles. The third kappa shape index (κ3) is 4.61. The first-order chi connectivity index (χ1) is 6.97. The van der Waals surface area contributed by atoms with Crippen LogP contribution in [0, 0.1) is 11.8 Å². The van der Waals surface area contributed by atoms with E-state index in [1.54, 1.807) is 0 Å². The van der Waals surface area contributed by atoms with Crippen LogP contribution in [0.5, 0.6) is 0 Å². The Hall–Kier alpha value is -0.630. The fraction of sp³-hybridized carbons (Fsp3) is 0.667. The Morgan fingerprint density at radius 1 is 1.00 bits per heavy atom. The highest BCUT2D eigenvalue weighted by molar-refractivity contribution is 6.28. The number of rotatable bonds is 4. The van der Waals surface area contributed by atoms with E-state index >= 15 is 0 Å². The number of nitrogens with zero attached hydrogens (tertiary/aromatic N) is 2. The molecule has 2 nitrogen and oxygen atoms in total. The van der Waals surface area contributed by atoms with E-state index in [0.29, 0.717) is 17.1 Å². The van der Waals surface area contributed by atoms with Crippen molar-refractivity contribution < 1.29 is 0 Å². The first-order valence-electron chi connectivity index (χ1n) is 5.49. The molecular formula is C12H19ClN2. The fourth-order valence-electron chi connectivity index (χ4n) is 1.56. The maximum Gasteiger partial charge on any atom is 0.222 e. The van der Waals surface area contributed by atoms with Crippen LogP contribution in [0.3, 0.4) is 0 Å². The molecule has 0 unspecified atom stereocenters. The van der Waals surface area contributed by atoms with Crippen molar-refractivity contribution in [3.8, 4) is 0 Å². The van der Waals surface area contributed by atoms with Gasteiger partial charge >= 0.3 is 0 Å². The second-order valence-corrected chi connectivity index (χ2v) is 5.15. The first-order valence-corrected chi connectivity index (χ1v) is 5.87. The molecule has 1 aromatic rings. The highest BCUT2D eigenvalue weighted by atomic mass is 35.5. The molecule has 0 radical (unpaired) electrons. The van der Waals surface area contributed by atoms with Gasteiger partial charge in [-0.1, -0.05) is 27.7 Å². The molecule has 0 spiro atoms. The summed E-state index contributed by atoms with van der Waals surface area (Å²) in [6.07, 6.45) is 1.93. The summed E-state index contributed by atoms with van der Waals surface area (Å²) in [7, 11) is 0. The molecule has 0 aliphatic rings. The minimum atomic E-state index is 0.379. The van der Waals surface area contributed by atoms with E-state index in [9.17, 15) is 0 Å². The van der Waals surface area contributed by atoms with Crippen molar-refractivity contribution in [2.75, 3.05) is 0 Å². The molecule has 0 atom stereocenters. The van der Waals surface area contributed by atoms with Gasteiger partial charge in [0.15, 0.2) is 0 Å². The van der Waals surface area contributed by atoms with Crippen LogP contribution in [-0.2, 0) is 12.8 Å². The van der Waals surface area contributed by atoms with Crippen LogP contribution in [0.4, 0.5) is 0 Å². The zero-order valence-electron chi connectivity index (χ0n) is 9.92. The van der Waals surface area contributed by atoms with Crippen LogP contribution in [0.25, 0.3) is 0 Å². The molecule has 0 saturated carbocycles. The van der Waals surface area contributed by atoms with Gasteiger partial charge in [0.25, 0.3) is 0 Å². The van der Waals surface area contributed by atoms with Crippen molar-refractivity contribution in [3.63, 3.8) is 0 Å². The number of aromatic nitrogens is 2. The summed E-state index contributed by atoms with van der Waals surface area (Å²) >= 11 is 5.89. The van der Waals surface area contributed by atoms with Gasteiger partial charge in [0.2, 0.25) is 5.28 Å². The largest absolute Gasteiger partial charge is 0.223 e. The molecule has 84 valence electrons. The Kier molecular flexibility index (Phi) is 4.52. The topological polar surface area (TPSA) is 25.8 Å². The Morgan fingerprint density at radius 2 is 1.40 bits per heavy atom. The van der Waals surface area contributed by atoms with Gasteiger partial charge in [-0.3, -0.25) is 0 Å². The summed E-state index contributed by atoms with van der Waals surface area (Å²) in [4.78, 5) is 8.47. The Labute approximate surface area is 97.1 Å². The van der Waals surface area contributed by atoms with Crippen molar-refractivity contribution in [2.45, 2.75) is 40.5 Å². The normalized spacial score (nSPS) is 11.4. The van der Waals surface area contributed by atoms with Crippen molar-refractivity contribution in [1.82, 2.24) is 9.97 Å². The lowest BCUT2D eigenvalue weighted by molar-refractivity contribution is 0.616. The Morgan fingerprint density at radius 3 is 1.73 bits per heavy atom. The molecule has 1 aromatic heterocycles. The van der Waals surface area contributed by atoms with Gasteiger partial charge < -0.3 is 0 Å². The highest BCUT2D eigenvalue weighted by Crippen LogP contribution is 2.13. The number of hydrogen-bond donors (Lipinski definition) is 0. The van der Waals surface area contributed by atoms with Gasteiger partial charge in [-0.05, 0) is 42.3 Å². The first kappa shape index (κ1) is 12.4. The van der Waals surface area contributed by atoms with Crippen LogP contribution in [0.2, 0.25) is 5.28 Å². The molecule has 0 fully saturated rings. The van der Waals surface area contributed by atoms with Crippen LogP contribution in [0.15, 0.2) is 6.07 Å². The zero-order chi connectivity index (χ0) is 11.4. The second kappa shape index (κ2) is 5.45. The summed E-state index contributed by atoms with van der Waals surface area (Å²) < 4.78 is 0. The molecule has 0 aromatic carbocycles. The van der Waals surface area contributed by atoms with E-state index < -0.39 is 0 Å². The summed E-state index contributed by atoms with van der Waals surface area (Å²) in [6.45, 7) is 8.71. The predicted molar refractivity (Wildman–Crippen MR) is 64.1 cm³/mol. The SMILES string of the molecule is CC(C)Cc1cc(CC(C)C)nc(Cl)n1. The lowest BCUT2D eigenvalue weighted by atomic mass is 10.0. The lowest BCUT2D eigenvalue weighted by Crippen LogP contribution is -2.04. The summed E-state index contributed by atoms with van der Waals surface area (Å²) in [5, 5.41) is 0.379. The van der Waals surface area contributed by atoms with E-state index in [-0.39, 0.29) is 0 Å². The highest BCUT2D eigenvalue weighted by Gasteiger charge is 2.06. The maximum absolute atomic E-state index is 5.89. The van der Waals surface area contributed by atoms with Gasteiger partial charge in [0.1, 0.15) is 0 Å². The summed E-state index contributed by atoms with van der Waals surface area (Å²) in [5.41, 5.74) is 2.11. The average Bonchev–Trinajstić information content (AvgIpc) is 1.98. The third-order valence-electron chi connectivity index (χ3n) is 2.04.